The molecule has 0 aromatic rings. The molecule has 4 nitrogen and oxygen atoms in total. The molecule has 1 aliphatic heterocycles. The minimum Gasteiger partial charge on any atom is -0.379 e. The maximum Gasteiger partial charge on any atom is 0.242 e. The lowest BCUT2D eigenvalue weighted by molar-refractivity contribution is -0.127. The van der Waals surface area contributed by atoms with E-state index >= 15 is 0 Å². The molecule has 0 radical (unpaired) electrons. The first-order valence-corrected chi connectivity index (χ1v) is 4.53. The fourth-order valence-electron chi connectivity index (χ4n) is 1.22. The van der Waals surface area contributed by atoms with E-state index in [4.69, 9.17) is 10.5 Å². The van der Waals surface area contributed by atoms with Crippen LogP contribution in [0.2, 0.25) is 0 Å². The molecule has 1 unspecified atom stereocenters. The van der Waals surface area contributed by atoms with Gasteiger partial charge in [-0.3, -0.25) is 4.79 Å². The van der Waals surface area contributed by atoms with E-state index in [0.29, 0.717) is 19.6 Å². The fraction of sp³-hybridized carbons (Fsp3) is 0.889. The van der Waals surface area contributed by atoms with Crippen molar-refractivity contribution >= 4 is 5.91 Å². The van der Waals surface area contributed by atoms with Crippen molar-refractivity contribution in [3.05, 3.63) is 0 Å². The van der Waals surface area contributed by atoms with Crippen LogP contribution in [0, 0.1) is 0 Å². The number of hydrogen-bond donors (Lipinski definition) is 2. The molecule has 1 heterocycles. The minimum atomic E-state index is -0.812. The van der Waals surface area contributed by atoms with Crippen molar-refractivity contribution in [3.63, 3.8) is 0 Å². The third-order valence-electron chi connectivity index (χ3n) is 1.99. The monoisotopic (exact) mass is 186 g/mol. The first kappa shape index (κ1) is 10.5. The van der Waals surface area contributed by atoms with Crippen molar-refractivity contribution in [2.45, 2.75) is 38.3 Å². The number of carbonyl (C=O) groups excluding carboxylic acids is 1. The van der Waals surface area contributed by atoms with Crippen molar-refractivity contribution in [2.24, 2.45) is 5.73 Å². The van der Waals surface area contributed by atoms with Crippen LogP contribution in [0.15, 0.2) is 0 Å². The summed E-state index contributed by atoms with van der Waals surface area (Å²) in [6, 6.07) is 0. The van der Waals surface area contributed by atoms with E-state index in [2.05, 4.69) is 5.32 Å². The zero-order valence-corrected chi connectivity index (χ0v) is 8.52. The Kier molecular flexibility index (Phi) is 2.63. The second-order valence-corrected chi connectivity index (χ2v) is 4.66. The zero-order chi connectivity index (χ0) is 10.1. The quantitative estimate of drug-likeness (QED) is 0.606. The number of amides is 1. The second-order valence-electron chi connectivity index (χ2n) is 4.66. The Labute approximate surface area is 78.8 Å². The fourth-order valence-corrected chi connectivity index (χ4v) is 1.22. The van der Waals surface area contributed by atoms with Gasteiger partial charge in [0, 0.05) is 12.1 Å². The summed E-state index contributed by atoms with van der Waals surface area (Å²) < 4.78 is 5.11. The molecule has 1 fully saturated rings. The molecule has 0 saturated carbocycles. The molecule has 0 bridgehead atoms. The SMILES string of the molecule is CC(C)(C)NC(=O)C1(N)CCOC1. The van der Waals surface area contributed by atoms with Crippen LogP contribution in [0.3, 0.4) is 0 Å². The third kappa shape index (κ3) is 2.67. The van der Waals surface area contributed by atoms with Gasteiger partial charge in [0.15, 0.2) is 0 Å². The molecule has 13 heavy (non-hydrogen) atoms. The highest BCUT2D eigenvalue weighted by Crippen LogP contribution is 2.16. The van der Waals surface area contributed by atoms with Crippen LogP contribution in [0.5, 0.6) is 0 Å². The highest BCUT2D eigenvalue weighted by Gasteiger charge is 2.39. The van der Waals surface area contributed by atoms with Crippen LogP contribution in [0.4, 0.5) is 0 Å². The summed E-state index contributed by atoms with van der Waals surface area (Å²) >= 11 is 0. The summed E-state index contributed by atoms with van der Waals surface area (Å²) in [7, 11) is 0. The number of carbonyl (C=O) groups is 1. The topological polar surface area (TPSA) is 64.4 Å². The summed E-state index contributed by atoms with van der Waals surface area (Å²) in [4.78, 5) is 11.7. The van der Waals surface area contributed by atoms with E-state index in [1.165, 1.54) is 0 Å². The molecule has 1 rings (SSSR count). The molecule has 1 aliphatic rings. The molecule has 0 aromatic carbocycles. The molecule has 3 N–H and O–H groups in total. The highest BCUT2D eigenvalue weighted by molar-refractivity contribution is 5.87. The Bertz CT molecular complexity index is 202. The highest BCUT2D eigenvalue weighted by atomic mass is 16.5. The van der Waals surface area contributed by atoms with E-state index in [1.54, 1.807) is 0 Å². The predicted molar refractivity (Wildman–Crippen MR) is 50.3 cm³/mol. The van der Waals surface area contributed by atoms with E-state index in [0.717, 1.165) is 0 Å². The number of nitrogens with two attached hydrogens (primary N) is 1. The summed E-state index contributed by atoms with van der Waals surface area (Å²) in [6.45, 7) is 6.71. The Hall–Kier alpha value is -0.610. The Morgan fingerprint density at radius 1 is 1.54 bits per heavy atom. The largest absolute Gasteiger partial charge is 0.379 e. The Balaban J connectivity index is 2.57. The van der Waals surface area contributed by atoms with Gasteiger partial charge in [-0.15, -0.1) is 0 Å². The summed E-state index contributed by atoms with van der Waals surface area (Å²) in [5.74, 6) is -0.113. The number of hydrogen-bond acceptors (Lipinski definition) is 3. The normalized spacial score (nSPS) is 28.9. The molecule has 4 heteroatoms. The minimum absolute atomic E-state index is 0.113. The summed E-state index contributed by atoms with van der Waals surface area (Å²) in [5, 5.41) is 2.86. The zero-order valence-electron chi connectivity index (χ0n) is 8.52. The summed E-state index contributed by atoms with van der Waals surface area (Å²) in [6.07, 6.45) is 0.606. The van der Waals surface area contributed by atoms with Crippen LogP contribution >= 0.6 is 0 Å². The van der Waals surface area contributed by atoms with Crippen LogP contribution in [-0.2, 0) is 9.53 Å². The van der Waals surface area contributed by atoms with Crippen LogP contribution < -0.4 is 11.1 Å². The van der Waals surface area contributed by atoms with Gasteiger partial charge in [-0.05, 0) is 27.2 Å². The number of nitrogens with one attached hydrogen (secondary N) is 1. The maximum atomic E-state index is 11.7. The van der Waals surface area contributed by atoms with E-state index in [9.17, 15) is 4.79 Å². The van der Waals surface area contributed by atoms with Crippen molar-refractivity contribution in [1.29, 1.82) is 0 Å². The predicted octanol–water partition coefficient (Wildman–Crippen LogP) is 0.0189. The van der Waals surface area contributed by atoms with E-state index in [1.807, 2.05) is 20.8 Å². The molecule has 1 saturated heterocycles. The molecular weight excluding hydrogens is 168 g/mol. The van der Waals surface area contributed by atoms with Gasteiger partial charge in [0.25, 0.3) is 0 Å². The lowest BCUT2D eigenvalue weighted by Gasteiger charge is -2.27. The maximum absolute atomic E-state index is 11.7. The van der Waals surface area contributed by atoms with Crippen molar-refractivity contribution < 1.29 is 9.53 Å². The van der Waals surface area contributed by atoms with Gasteiger partial charge in [-0.1, -0.05) is 0 Å². The van der Waals surface area contributed by atoms with E-state index < -0.39 is 5.54 Å². The molecular formula is C9H18N2O2. The lowest BCUT2D eigenvalue weighted by atomic mass is 9.97. The first-order valence-electron chi connectivity index (χ1n) is 4.53. The molecule has 1 atom stereocenters. The second kappa shape index (κ2) is 3.27. The van der Waals surface area contributed by atoms with Crippen LogP contribution in [0.25, 0.3) is 0 Å². The van der Waals surface area contributed by atoms with Gasteiger partial charge < -0.3 is 15.8 Å². The molecule has 0 spiro atoms. The van der Waals surface area contributed by atoms with Crippen molar-refractivity contribution in [3.8, 4) is 0 Å². The lowest BCUT2D eigenvalue weighted by Crippen LogP contribution is -2.58. The smallest absolute Gasteiger partial charge is 0.242 e. The standard InChI is InChI=1S/C9H18N2O2/c1-8(2,3)11-7(12)9(10)4-5-13-6-9/h4-6,10H2,1-3H3,(H,11,12). The first-order chi connectivity index (χ1) is 5.83. The van der Waals surface area contributed by atoms with E-state index in [-0.39, 0.29) is 11.4 Å². The number of rotatable bonds is 1. The van der Waals surface area contributed by atoms with Gasteiger partial charge in [-0.25, -0.2) is 0 Å². The molecule has 1 amide bonds. The van der Waals surface area contributed by atoms with Gasteiger partial charge in [0.1, 0.15) is 5.54 Å². The van der Waals surface area contributed by atoms with Crippen LogP contribution in [-0.4, -0.2) is 30.2 Å². The Morgan fingerprint density at radius 2 is 2.15 bits per heavy atom. The average Bonchev–Trinajstić information content (AvgIpc) is 2.33. The van der Waals surface area contributed by atoms with Gasteiger partial charge in [0.05, 0.1) is 6.61 Å². The van der Waals surface area contributed by atoms with Crippen molar-refractivity contribution in [2.75, 3.05) is 13.2 Å². The third-order valence-corrected chi connectivity index (χ3v) is 1.99. The van der Waals surface area contributed by atoms with Crippen LogP contribution in [0.1, 0.15) is 27.2 Å². The molecule has 0 aromatic heterocycles. The van der Waals surface area contributed by atoms with Gasteiger partial charge in [0.2, 0.25) is 5.91 Å². The van der Waals surface area contributed by atoms with Gasteiger partial charge in [-0.2, -0.15) is 0 Å². The average molecular weight is 186 g/mol. The molecule has 76 valence electrons. The van der Waals surface area contributed by atoms with Crippen molar-refractivity contribution in [1.82, 2.24) is 5.32 Å². The van der Waals surface area contributed by atoms with Gasteiger partial charge >= 0.3 is 0 Å². The Morgan fingerprint density at radius 3 is 2.54 bits per heavy atom. The number of ether oxygens (including phenoxy) is 1. The summed E-state index contributed by atoms with van der Waals surface area (Å²) in [5.41, 5.74) is 4.83. The molecule has 0 aliphatic carbocycles.